The minimum Gasteiger partial charge on any atom is -0.444 e. The van der Waals surface area contributed by atoms with Gasteiger partial charge in [0.1, 0.15) is 11.6 Å². The lowest BCUT2D eigenvalue weighted by atomic mass is 9.92. The average Bonchev–Trinajstić information content (AvgIpc) is 2.50. The number of amides is 2. The van der Waals surface area contributed by atoms with E-state index in [2.05, 4.69) is 38.3 Å². The quantitative estimate of drug-likeness (QED) is 0.694. The minimum atomic E-state index is -1.12. The summed E-state index contributed by atoms with van der Waals surface area (Å²) in [7, 11) is 0. The highest BCUT2D eigenvalue weighted by Crippen LogP contribution is 2.32. The van der Waals surface area contributed by atoms with Crippen LogP contribution in [0.25, 0.3) is 0 Å². The van der Waals surface area contributed by atoms with Gasteiger partial charge in [-0.2, -0.15) is 0 Å². The van der Waals surface area contributed by atoms with Gasteiger partial charge in [0.2, 0.25) is 5.91 Å². The van der Waals surface area contributed by atoms with E-state index >= 15 is 0 Å². The summed E-state index contributed by atoms with van der Waals surface area (Å²) in [6.07, 6.45) is -1.82. The zero-order chi connectivity index (χ0) is 20.9. The van der Waals surface area contributed by atoms with E-state index in [0.717, 1.165) is 16.8 Å². The lowest BCUT2D eigenvalue weighted by Gasteiger charge is -2.26. The number of alkyl carbamates (subject to hydrolysis) is 1. The standard InChI is InChI=1S/C21H34N2O4/c1-12(2)15-10-9-11-16(13(3)4)18(15)22-19(25)17(14(5)24)23-20(26)27-21(6,7)8/h9-14,17,24H,1-8H3,(H,22,25)(H,23,26)/t14-,17+/m1/s1. The van der Waals surface area contributed by atoms with Crippen LogP contribution in [0.15, 0.2) is 18.2 Å². The lowest BCUT2D eigenvalue weighted by molar-refractivity contribution is -0.120. The molecule has 0 radical (unpaired) electrons. The number of hydrogen-bond acceptors (Lipinski definition) is 4. The van der Waals surface area contributed by atoms with E-state index in [1.54, 1.807) is 20.8 Å². The van der Waals surface area contributed by atoms with Gasteiger partial charge < -0.3 is 20.5 Å². The molecule has 27 heavy (non-hydrogen) atoms. The molecule has 2 atom stereocenters. The van der Waals surface area contributed by atoms with Crippen LogP contribution in [0, 0.1) is 0 Å². The Morgan fingerprint density at radius 3 is 1.85 bits per heavy atom. The van der Waals surface area contributed by atoms with Crippen molar-refractivity contribution in [2.75, 3.05) is 5.32 Å². The van der Waals surface area contributed by atoms with E-state index in [1.165, 1.54) is 6.92 Å². The van der Waals surface area contributed by atoms with Gasteiger partial charge in [0.15, 0.2) is 0 Å². The Hall–Kier alpha value is -2.08. The van der Waals surface area contributed by atoms with Crippen LogP contribution in [0.3, 0.4) is 0 Å². The molecule has 0 aromatic heterocycles. The highest BCUT2D eigenvalue weighted by atomic mass is 16.6. The number of hydrogen-bond donors (Lipinski definition) is 3. The Kier molecular flexibility index (Phi) is 7.84. The molecule has 0 saturated heterocycles. The van der Waals surface area contributed by atoms with Gasteiger partial charge >= 0.3 is 6.09 Å². The third-order valence-corrected chi connectivity index (χ3v) is 4.06. The molecule has 0 aliphatic heterocycles. The van der Waals surface area contributed by atoms with Gasteiger partial charge in [-0.25, -0.2) is 4.79 Å². The molecule has 1 aromatic carbocycles. The molecular weight excluding hydrogens is 344 g/mol. The fraction of sp³-hybridized carbons (Fsp3) is 0.619. The number of nitrogens with one attached hydrogen (secondary N) is 2. The Morgan fingerprint density at radius 2 is 1.48 bits per heavy atom. The van der Waals surface area contributed by atoms with Gasteiger partial charge in [0.25, 0.3) is 0 Å². The number of benzene rings is 1. The van der Waals surface area contributed by atoms with Crippen LogP contribution in [-0.4, -0.2) is 34.9 Å². The molecule has 0 spiro atoms. The number of carbonyl (C=O) groups is 2. The SMILES string of the molecule is CC(C)c1cccc(C(C)C)c1NC(=O)[C@@H](NC(=O)OC(C)(C)C)[C@@H](C)O. The molecule has 3 N–H and O–H groups in total. The average molecular weight is 379 g/mol. The number of ether oxygens (including phenoxy) is 1. The van der Waals surface area contributed by atoms with Crippen molar-refractivity contribution in [1.29, 1.82) is 0 Å². The number of para-hydroxylation sites is 1. The first kappa shape index (κ1) is 23.0. The van der Waals surface area contributed by atoms with Crippen LogP contribution in [0.4, 0.5) is 10.5 Å². The minimum absolute atomic E-state index is 0.211. The van der Waals surface area contributed by atoms with Gasteiger partial charge in [0, 0.05) is 5.69 Å². The van der Waals surface area contributed by atoms with Crippen molar-refractivity contribution in [2.45, 2.75) is 85.0 Å². The zero-order valence-electron chi connectivity index (χ0n) is 17.7. The van der Waals surface area contributed by atoms with Crippen molar-refractivity contribution in [2.24, 2.45) is 0 Å². The molecule has 152 valence electrons. The summed E-state index contributed by atoms with van der Waals surface area (Å²) < 4.78 is 5.20. The smallest absolute Gasteiger partial charge is 0.408 e. The molecular formula is C21H34N2O4. The second-order valence-corrected chi connectivity index (χ2v) is 8.47. The number of rotatable bonds is 6. The molecule has 0 fully saturated rings. The summed E-state index contributed by atoms with van der Waals surface area (Å²) in [5.41, 5.74) is 2.07. The number of carbonyl (C=O) groups excluding carboxylic acids is 2. The number of anilines is 1. The normalized spacial score (nSPS) is 14.0. The molecule has 0 saturated carbocycles. The van der Waals surface area contributed by atoms with E-state index in [-0.39, 0.29) is 11.8 Å². The summed E-state index contributed by atoms with van der Waals surface area (Å²) in [5, 5.41) is 15.4. The molecule has 2 amide bonds. The first-order valence-electron chi connectivity index (χ1n) is 9.44. The van der Waals surface area contributed by atoms with E-state index < -0.39 is 29.7 Å². The van der Waals surface area contributed by atoms with Crippen LogP contribution >= 0.6 is 0 Å². The highest BCUT2D eigenvalue weighted by Gasteiger charge is 2.29. The molecule has 0 bridgehead atoms. The van der Waals surface area contributed by atoms with Crippen molar-refractivity contribution < 1.29 is 19.4 Å². The van der Waals surface area contributed by atoms with Crippen molar-refractivity contribution in [3.8, 4) is 0 Å². The van der Waals surface area contributed by atoms with Crippen molar-refractivity contribution >= 4 is 17.7 Å². The van der Waals surface area contributed by atoms with Gasteiger partial charge in [-0.3, -0.25) is 4.79 Å². The first-order valence-corrected chi connectivity index (χ1v) is 9.44. The van der Waals surface area contributed by atoms with Crippen molar-refractivity contribution in [1.82, 2.24) is 5.32 Å². The van der Waals surface area contributed by atoms with E-state index in [0.29, 0.717) is 0 Å². The zero-order valence-corrected chi connectivity index (χ0v) is 17.7. The summed E-state index contributed by atoms with van der Waals surface area (Å²) in [6, 6.07) is 4.81. The molecule has 1 rings (SSSR count). The maximum absolute atomic E-state index is 12.9. The second kappa shape index (κ2) is 9.22. The Morgan fingerprint density at radius 1 is 1.00 bits per heavy atom. The third-order valence-electron chi connectivity index (χ3n) is 4.06. The van der Waals surface area contributed by atoms with Crippen LogP contribution in [0.1, 0.15) is 78.4 Å². The topological polar surface area (TPSA) is 87.7 Å². The molecule has 1 aromatic rings. The maximum Gasteiger partial charge on any atom is 0.408 e. The number of aliphatic hydroxyl groups excluding tert-OH is 1. The van der Waals surface area contributed by atoms with Crippen molar-refractivity contribution in [3.63, 3.8) is 0 Å². The summed E-state index contributed by atoms with van der Waals surface area (Å²) >= 11 is 0. The molecule has 6 heteroatoms. The van der Waals surface area contributed by atoms with Gasteiger partial charge in [-0.15, -0.1) is 0 Å². The molecule has 0 heterocycles. The molecule has 0 unspecified atom stereocenters. The monoisotopic (exact) mass is 378 g/mol. The van der Waals surface area contributed by atoms with Gasteiger partial charge in [-0.1, -0.05) is 45.9 Å². The van der Waals surface area contributed by atoms with E-state index in [1.807, 2.05) is 18.2 Å². The Labute approximate surface area is 162 Å². The number of aliphatic hydroxyl groups is 1. The fourth-order valence-electron chi connectivity index (χ4n) is 2.74. The second-order valence-electron chi connectivity index (χ2n) is 8.47. The molecule has 0 aliphatic rings. The predicted molar refractivity (Wildman–Crippen MR) is 108 cm³/mol. The van der Waals surface area contributed by atoms with Crippen LogP contribution in [0.2, 0.25) is 0 Å². The van der Waals surface area contributed by atoms with Crippen LogP contribution in [-0.2, 0) is 9.53 Å². The molecule has 0 aliphatic carbocycles. The summed E-state index contributed by atoms with van der Waals surface area (Å²) in [4.78, 5) is 24.9. The van der Waals surface area contributed by atoms with E-state index in [9.17, 15) is 14.7 Å². The third kappa shape index (κ3) is 6.86. The highest BCUT2D eigenvalue weighted by molar-refractivity contribution is 5.98. The van der Waals surface area contributed by atoms with Gasteiger partial charge in [-0.05, 0) is 50.7 Å². The summed E-state index contributed by atoms with van der Waals surface area (Å²) in [6.45, 7) is 14.9. The maximum atomic E-state index is 12.9. The molecule has 6 nitrogen and oxygen atoms in total. The van der Waals surface area contributed by atoms with Crippen LogP contribution in [0.5, 0.6) is 0 Å². The van der Waals surface area contributed by atoms with Crippen molar-refractivity contribution in [3.05, 3.63) is 29.3 Å². The summed E-state index contributed by atoms with van der Waals surface area (Å²) in [5.74, 6) is -0.0588. The fourth-order valence-corrected chi connectivity index (χ4v) is 2.74. The first-order chi connectivity index (χ1) is 12.3. The van der Waals surface area contributed by atoms with E-state index in [4.69, 9.17) is 4.74 Å². The van der Waals surface area contributed by atoms with Crippen LogP contribution < -0.4 is 10.6 Å². The van der Waals surface area contributed by atoms with Gasteiger partial charge in [0.05, 0.1) is 6.10 Å². The predicted octanol–water partition coefficient (Wildman–Crippen LogP) is 4.15. The Bertz CT molecular complexity index is 634. The Balaban J connectivity index is 3.11. The lowest BCUT2D eigenvalue weighted by Crippen LogP contribution is -2.51. The largest absolute Gasteiger partial charge is 0.444 e.